The van der Waals surface area contributed by atoms with Crippen molar-refractivity contribution in [1.29, 1.82) is 0 Å². The fraction of sp³-hybridized carbons (Fsp3) is 0.250. The smallest absolute Gasteiger partial charge is 0.256 e. The highest BCUT2D eigenvalue weighted by Gasteiger charge is 2.33. The summed E-state index contributed by atoms with van der Waals surface area (Å²) in [5.41, 5.74) is 1.76. The number of methoxy groups -OCH3 is 3. The molecule has 1 unspecified atom stereocenters. The van der Waals surface area contributed by atoms with E-state index < -0.39 is 6.04 Å². The van der Waals surface area contributed by atoms with Crippen molar-refractivity contribution in [2.45, 2.75) is 13.0 Å². The summed E-state index contributed by atoms with van der Waals surface area (Å²) in [5, 5.41) is 9.37. The van der Waals surface area contributed by atoms with E-state index >= 15 is 0 Å². The van der Waals surface area contributed by atoms with Gasteiger partial charge in [-0.05, 0) is 37.3 Å². The number of nitrogens with zero attached hydrogens (tertiary/aromatic N) is 1. The average Bonchev–Trinajstić information content (AvgIpc) is 2.72. The first kappa shape index (κ1) is 20.4. The molecule has 152 valence electrons. The van der Waals surface area contributed by atoms with Gasteiger partial charge in [-0.25, -0.2) is 4.98 Å². The van der Waals surface area contributed by atoms with E-state index in [0.29, 0.717) is 45.0 Å². The normalized spacial score (nSPS) is 15.9. The molecule has 0 fully saturated rings. The van der Waals surface area contributed by atoms with Gasteiger partial charge in [0.05, 0.1) is 32.9 Å². The summed E-state index contributed by atoms with van der Waals surface area (Å²) in [6.07, 6.45) is 1.61. The molecule has 29 heavy (non-hydrogen) atoms. The van der Waals surface area contributed by atoms with Crippen LogP contribution in [0.25, 0.3) is 0 Å². The highest BCUT2D eigenvalue weighted by atomic mass is 32.1. The molecule has 2 aromatic rings. The molecule has 1 aliphatic heterocycles. The molecule has 9 heteroatoms. The number of aromatic nitrogens is 1. The predicted octanol–water partition coefficient (Wildman–Crippen LogP) is 2.54. The number of benzene rings is 1. The number of anilines is 1. The van der Waals surface area contributed by atoms with Gasteiger partial charge in [-0.1, -0.05) is 6.07 Å². The lowest BCUT2D eigenvalue weighted by Gasteiger charge is -2.31. The summed E-state index contributed by atoms with van der Waals surface area (Å²) in [7, 11) is 4.64. The first-order chi connectivity index (χ1) is 14.0. The van der Waals surface area contributed by atoms with Crippen LogP contribution in [0.3, 0.4) is 0 Å². The number of carbonyl (C=O) groups is 1. The van der Waals surface area contributed by atoms with Crippen LogP contribution in [0.5, 0.6) is 17.2 Å². The summed E-state index contributed by atoms with van der Waals surface area (Å²) in [5.74, 6) is 1.69. The Morgan fingerprint density at radius 3 is 2.41 bits per heavy atom. The number of thiocarbonyl (C=S) groups is 1. The third kappa shape index (κ3) is 4.24. The van der Waals surface area contributed by atoms with Crippen molar-refractivity contribution < 1.29 is 19.0 Å². The predicted molar refractivity (Wildman–Crippen MR) is 113 cm³/mol. The van der Waals surface area contributed by atoms with Crippen LogP contribution in [0.15, 0.2) is 47.8 Å². The third-order valence-corrected chi connectivity index (χ3v) is 4.69. The Morgan fingerprint density at radius 1 is 1.10 bits per heavy atom. The number of ether oxygens (including phenoxy) is 3. The van der Waals surface area contributed by atoms with E-state index in [9.17, 15) is 4.79 Å². The van der Waals surface area contributed by atoms with Gasteiger partial charge >= 0.3 is 0 Å². The molecule has 0 saturated carbocycles. The van der Waals surface area contributed by atoms with Gasteiger partial charge in [0.2, 0.25) is 0 Å². The zero-order valence-corrected chi connectivity index (χ0v) is 17.3. The van der Waals surface area contributed by atoms with Crippen molar-refractivity contribution in [3.8, 4) is 17.2 Å². The molecule has 8 nitrogen and oxygen atoms in total. The minimum absolute atomic E-state index is 0.314. The van der Waals surface area contributed by atoms with E-state index in [1.54, 1.807) is 64.8 Å². The minimum atomic E-state index is -0.567. The summed E-state index contributed by atoms with van der Waals surface area (Å²) in [4.78, 5) is 17.3. The molecule has 0 radical (unpaired) electrons. The van der Waals surface area contributed by atoms with Crippen LogP contribution < -0.4 is 30.2 Å². The minimum Gasteiger partial charge on any atom is -0.496 e. The van der Waals surface area contributed by atoms with Crippen LogP contribution in [0.4, 0.5) is 5.82 Å². The van der Waals surface area contributed by atoms with E-state index in [2.05, 4.69) is 20.9 Å². The zero-order chi connectivity index (χ0) is 21.0. The van der Waals surface area contributed by atoms with E-state index in [-0.39, 0.29) is 5.91 Å². The summed E-state index contributed by atoms with van der Waals surface area (Å²) in [6, 6.07) is 8.20. The topological polar surface area (TPSA) is 93.7 Å². The van der Waals surface area contributed by atoms with Gasteiger partial charge in [-0.2, -0.15) is 0 Å². The molecule has 0 aliphatic carbocycles. The monoisotopic (exact) mass is 414 g/mol. The first-order valence-electron chi connectivity index (χ1n) is 8.79. The second-order valence-corrected chi connectivity index (χ2v) is 6.60. The third-order valence-electron chi connectivity index (χ3n) is 4.47. The van der Waals surface area contributed by atoms with Crippen molar-refractivity contribution in [2.75, 3.05) is 26.6 Å². The van der Waals surface area contributed by atoms with E-state index in [1.807, 2.05) is 0 Å². The van der Waals surface area contributed by atoms with Gasteiger partial charge in [0.25, 0.3) is 5.91 Å². The number of pyridine rings is 1. The Morgan fingerprint density at radius 2 is 1.79 bits per heavy atom. The van der Waals surface area contributed by atoms with Gasteiger partial charge < -0.3 is 30.2 Å². The summed E-state index contributed by atoms with van der Waals surface area (Å²) < 4.78 is 16.3. The van der Waals surface area contributed by atoms with Crippen LogP contribution in [-0.2, 0) is 4.79 Å². The van der Waals surface area contributed by atoms with Crippen LogP contribution >= 0.6 is 12.2 Å². The lowest BCUT2D eigenvalue weighted by molar-refractivity contribution is -0.113. The maximum Gasteiger partial charge on any atom is 0.256 e. The second-order valence-electron chi connectivity index (χ2n) is 6.19. The molecule has 3 N–H and O–H groups in total. The Bertz CT molecular complexity index is 962. The van der Waals surface area contributed by atoms with Crippen molar-refractivity contribution in [1.82, 2.24) is 15.6 Å². The Hall–Kier alpha value is -3.33. The Balaban J connectivity index is 2.07. The number of carbonyl (C=O) groups excluding carboxylic acids is 1. The quantitative estimate of drug-likeness (QED) is 0.621. The van der Waals surface area contributed by atoms with E-state index in [0.717, 1.165) is 0 Å². The van der Waals surface area contributed by atoms with Gasteiger partial charge in [0, 0.05) is 23.5 Å². The fourth-order valence-electron chi connectivity index (χ4n) is 3.13. The van der Waals surface area contributed by atoms with Crippen LogP contribution in [0.2, 0.25) is 0 Å². The maximum absolute atomic E-state index is 13.1. The maximum atomic E-state index is 13.1. The number of rotatable bonds is 6. The first-order valence-corrected chi connectivity index (χ1v) is 9.19. The zero-order valence-electron chi connectivity index (χ0n) is 16.5. The van der Waals surface area contributed by atoms with Crippen LogP contribution in [0.1, 0.15) is 18.5 Å². The Kier molecular flexibility index (Phi) is 6.18. The number of hydrogen-bond acceptors (Lipinski definition) is 6. The molecule has 0 saturated heterocycles. The number of hydrogen-bond donors (Lipinski definition) is 3. The molecule has 3 rings (SSSR count). The van der Waals surface area contributed by atoms with Crippen molar-refractivity contribution in [2.24, 2.45) is 0 Å². The SMILES string of the molecule is COc1cc(OC)c(C2NC(=S)NC(C)=C2C(=O)Nc2ccccn2)cc1OC. The van der Waals surface area contributed by atoms with Gasteiger partial charge in [-0.3, -0.25) is 4.79 Å². The van der Waals surface area contributed by atoms with Gasteiger partial charge in [0.15, 0.2) is 16.6 Å². The largest absolute Gasteiger partial charge is 0.496 e. The van der Waals surface area contributed by atoms with Crippen molar-refractivity contribution >= 4 is 29.1 Å². The average molecular weight is 414 g/mol. The van der Waals surface area contributed by atoms with Crippen LogP contribution in [-0.4, -0.2) is 37.3 Å². The van der Waals surface area contributed by atoms with E-state index in [1.165, 1.54) is 0 Å². The number of nitrogens with one attached hydrogen (secondary N) is 3. The van der Waals surface area contributed by atoms with Crippen molar-refractivity contribution in [3.63, 3.8) is 0 Å². The molecule has 1 aliphatic rings. The molecule has 1 atom stereocenters. The lowest BCUT2D eigenvalue weighted by atomic mass is 9.93. The highest BCUT2D eigenvalue weighted by molar-refractivity contribution is 7.80. The lowest BCUT2D eigenvalue weighted by Crippen LogP contribution is -2.45. The molecule has 1 aromatic carbocycles. The molecular formula is C20H22N4O4S. The molecule has 1 aromatic heterocycles. The molecule has 2 heterocycles. The van der Waals surface area contributed by atoms with Crippen LogP contribution in [0, 0.1) is 0 Å². The number of amides is 1. The van der Waals surface area contributed by atoms with Gasteiger partial charge in [0.1, 0.15) is 11.6 Å². The molecule has 0 bridgehead atoms. The second kappa shape index (κ2) is 8.78. The molecule has 1 amide bonds. The van der Waals surface area contributed by atoms with Crippen molar-refractivity contribution in [3.05, 3.63) is 53.4 Å². The fourth-order valence-corrected chi connectivity index (χ4v) is 3.40. The Labute approximate surface area is 174 Å². The summed E-state index contributed by atoms with van der Waals surface area (Å²) in [6.45, 7) is 1.79. The van der Waals surface area contributed by atoms with Gasteiger partial charge in [-0.15, -0.1) is 0 Å². The van der Waals surface area contributed by atoms with E-state index in [4.69, 9.17) is 26.4 Å². The number of allylic oxidation sites excluding steroid dienone is 1. The molecular weight excluding hydrogens is 392 g/mol. The standard InChI is InChI=1S/C20H22N4O4S/c1-11-17(19(25)23-16-7-5-6-8-21-16)18(24-20(29)22-11)12-9-14(27-3)15(28-4)10-13(12)26-2/h5-10,18H,1-4H3,(H,21,23,25)(H2,22,24,29). The highest BCUT2D eigenvalue weighted by Crippen LogP contribution is 2.40. The molecule has 0 spiro atoms. The summed E-state index contributed by atoms with van der Waals surface area (Å²) >= 11 is 5.32.